The maximum Gasteiger partial charge on any atom is 0.336 e. The third-order valence-corrected chi connectivity index (χ3v) is 5.73. The Morgan fingerprint density at radius 2 is 1.87 bits per heavy atom. The number of anilines is 1. The van der Waals surface area contributed by atoms with Gasteiger partial charge in [0, 0.05) is 10.7 Å². The van der Waals surface area contributed by atoms with Crippen LogP contribution in [0.4, 0.5) is 10.1 Å². The van der Waals surface area contributed by atoms with Crippen molar-refractivity contribution in [2.24, 2.45) is 0 Å². The second-order valence-corrected chi connectivity index (χ2v) is 7.99. The minimum atomic E-state index is -0.678. The molecule has 2 heterocycles. The molecule has 0 aliphatic carbocycles. The molecule has 0 radical (unpaired) electrons. The van der Waals surface area contributed by atoms with E-state index in [2.05, 4.69) is 5.32 Å². The third kappa shape index (κ3) is 3.67. The number of amides is 1. The van der Waals surface area contributed by atoms with Crippen molar-refractivity contribution >= 4 is 44.7 Å². The number of carbonyl (C=O) groups is 1. The Morgan fingerprint density at radius 3 is 2.57 bits per heavy atom. The van der Waals surface area contributed by atoms with Crippen LogP contribution in [0.25, 0.3) is 15.9 Å². The van der Waals surface area contributed by atoms with E-state index >= 15 is 0 Å². The van der Waals surface area contributed by atoms with Gasteiger partial charge in [0.25, 0.3) is 5.56 Å². The summed E-state index contributed by atoms with van der Waals surface area (Å²) in [6, 6.07) is 12.2. The largest absolute Gasteiger partial charge is 0.336 e. The van der Waals surface area contributed by atoms with Crippen molar-refractivity contribution in [3.63, 3.8) is 0 Å². The maximum absolute atomic E-state index is 13.7. The van der Waals surface area contributed by atoms with Crippen LogP contribution in [0, 0.1) is 12.7 Å². The van der Waals surface area contributed by atoms with Crippen LogP contribution in [-0.4, -0.2) is 15.0 Å². The molecule has 2 aromatic heterocycles. The van der Waals surface area contributed by atoms with Crippen LogP contribution in [0.5, 0.6) is 0 Å². The zero-order chi connectivity index (χ0) is 21.4. The molecule has 152 valence electrons. The molecule has 4 rings (SSSR count). The van der Waals surface area contributed by atoms with Crippen LogP contribution in [-0.2, 0) is 11.3 Å². The van der Waals surface area contributed by atoms with Gasteiger partial charge < -0.3 is 5.32 Å². The first kappa shape index (κ1) is 20.1. The summed E-state index contributed by atoms with van der Waals surface area (Å²) in [4.78, 5) is 38.7. The normalized spacial score (nSPS) is 11.0. The van der Waals surface area contributed by atoms with E-state index in [-0.39, 0.29) is 12.2 Å². The summed E-state index contributed by atoms with van der Waals surface area (Å²) in [5, 5.41) is 4.91. The number of aromatic nitrogens is 2. The van der Waals surface area contributed by atoms with E-state index in [0.717, 1.165) is 4.57 Å². The number of hydrogen-bond acceptors (Lipinski definition) is 4. The molecule has 0 aliphatic heterocycles. The van der Waals surface area contributed by atoms with Gasteiger partial charge in [0.15, 0.2) is 0 Å². The number of benzene rings is 2. The van der Waals surface area contributed by atoms with E-state index in [0.29, 0.717) is 26.5 Å². The van der Waals surface area contributed by atoms with E-state index in [1.54, 1.807) is 42.6 Å². The van der Waals surface area contributed by atoms with Crippen molar-refractivity contribution in [2.45, 2.75) is 13.5 Å². The zero-order valence-electron chi connectivity index (χ0n) is 15.7. The third-order valence-electron chi connectivity index (χ3n) is 4.58. The lowest BCUT2D eigenvalue weighted by Crippen LogP contribution is -2.40. The molecule has 0 saturated heterocycles. The van der Waals surface area contributed by atoms with Gasteiger partial charge in [-0.15, -0.1) is 11.3 Å². The Hall–Kier alpha value is -3.23. The standard InChI is InChI=1S/C21H15ClFN3O3S/c1-12-10-15(6-7-16(12)23)26-20(28)19-17(8-9-30-19)25(21(26)29)11-18(27)24-14-4-2-13(22)3-5-14/h2-10H,11H2,1H3,(H,24,27). The number of halogens is 2. The molecular formula is C21H15ClFN3O3S. The second-order valence-electron chi connectivity index (χ2n) is 6.63. The van der Waals surface area contributed by atoms with Gasteiger partial charge in [0.2, 0.25) is 5.91 Å². The van der Waals surface area contributed by atoms with Gasteiger partial charge in [-0.3, -0.25) is 14.2 Å². The highest BCUT2D eigenvalue weighted by molar-refractivity contribution is 7.17. The predicted octanol–water partition coefficient (Wildman–Crippen LogP) is 3.95. The van der Waals surface area contributed by atoms with Crippen LogP contribution >= 0.6 is 22.9 Å². The first-order valence-electron chi connectivity index (χ1n) is 8.90. The van der Waals surface area contributed by atoms with Crippen molar-refractivity contribution in [3.05, 3.63) is 91.2 Å². The lowest BCUT2D eigenvalue weighted by Gasteiger charge is -2.13. The highest BCUT2D eigenvalue weighted by Gasteiger charge is 2.18. The molecule has 0 saturated carbocycles. The summed E-state index contributed by atoms with van der Waals surface area (Å²) >= 11 is 7.02. The molecule has 1 amide bonds. The molecule has 6 nitrogen and oxygen atoms in total. The van der Waals surface area contributed by atoms with Gasteiger partial charge in [-0.2, -0.15) is 0 Å². The van der Waals surface area contributed by atoms with Crippen LogP contribution in [0.2, 0.25) is 5.02 Å². The van der Waals surface area contributed by atoms with Crippen molar-refractivity contribution in [3.8, 4) is 5.69 Å². The number of carbonyl (C=O) groups excluding carboxylic acids is 1. The summed E-state index contributed by atoms with van der Waals surface area (Å²) < 4.78 is 16.2. The molecule has 0 bridgehead atoms. The van der Waals surface area contributed by atoms with Crippen LogP contribution in [0.15, 0.2) is 63.5 Å². The van der Waals surface area contributed by atoms with E-state index in [1.165, 1.54) is 34.1 Å². The Bertz CT molecular complexity index is 1390. The fourth-order valence-corrected chi connectivity index (χ4v) is 4.06. The summed E-state index contributed by atoms with van der Waals surface area (Å²) in [6.07, 6.45) is 0. The predicted molar refractivity (Wildman–Crippen MR) is 116 cm³/mol. The summed E-state index contributed by atoms with van der Waals surface area (Å²) in [6.45, 7) is 1.25. The topological polar surface area (TPSA) is 73.1 Å². The van der Waals surface area contributed by atoms with Crippen molar-refractivity contribution < 1.29 is 9.18 Å². The van der Waals surface area contributed by atoms with E-state index in [1.807, 2.05) is 0 Å². The monoisotopic (exact) mass is 443 g/mol. The summed E-state index contributed by atoms with van der Waals surface area (Å²) in [5.41, 5.74) is 0.259. The van der Waals surface area contributed by atoms with Crippen LogP contribution < -0.4 is 16.6 Å². The van der Waals surface area contributed by atoms with Gasteiger partial charge in [0.05, 0.1) is 11.2 Å². The number of nitrogens with zero attached hydrogens (tertiary/aromatic N) is 2. The van der Waals surface area contributed by atoms with Crippen molar-refractivity contribution in [1.82, 2.24) is 9.13 Å². The van der Waals surface area contributed by atoms with Crippen LogP contribution in [0.1, 0.15) is 5.56 Å². The first-order valence-corrected chi connectivity index (χ1v) is 10.2. The molecule has 2 aromatic carbocycles. The molecule has 0 fully saturated rings. The average molecular weight is 444 g/mol. The van der Waals surface area contributed by atoms with Gasteiger partial charge in [-0.1, -0.05) is 11.6 Å². The number of thiophene rings is 1. The Kier molecular flexibility index (Phi) is 5.27. The molecule has 1 N–H and O–H groups in total. The number of hydrogen-bond donors (Lipinski definition) is 1. The molecular weight excluding hydrogens is 429 g/mol. The molecule has 9 heteroatoms. The van der Waals surface area contributed by atoms with Gasteiger partial charge in [0.1, 0.15) is 17.1 Å². The fourth-order valence-electron chi connectivity index (χ4n) is 3.11. The van der Waals surface area contributed by atoms with E-state index in [4.69, 9.17) is 11.6 Å². The molecule has 30 heavy (non-hydrogen) atoms. The fraction of sp³-hybridized carbons (Fsp3) is 0.0952. The molecule has 4 aromatic rings. The van der Waals surface area contributed by atoms with Crippen molar-refractivity contribution in [2.75, 3.05) is 5.32 Å². The smallest absolute Gasteiger partial charge is 0.325 e. The Labute approximate surface area is 178 Å². The highest BCUT2D eigenvalue weighted by Crippen LogP contribution is 2.18. The zero-order valence-corrected chi connectivity index (χ0v) is 17.3. The Morgan fingerprint density at radius 1 is 1.13 bits per heavy atom. The minimum absolute atomic E-state index is 0.242. The lowest BCUT2D eigenvalue weighted by atomic mass is 10.2. The molecule has 0 spiro atoms. The van der Waals surface area contributed by atoms with Gasteiger partial charge >= 0.3 is 5.69 Å². The first-order chi connectivity index (χ1) is 14.3. The molecule has 0 unspecified atom stereocenters. The second kappa shape index (κ2) is 7.89. The SMILES string of the molecule is Cc1cc(-n2c(=O)c3sccc3n(CC(=O)Nc3ccc(Cl)cc3)c2=O)ccc1F. The van der Waals surface area contributed by atoms with Gasteiger partial charge in [-0.05, 0) is 66.4 Å². The van der Waals surface area contributed by atoms with Gasteiger partial charge in [-0.25, -0.2) is 13.8 Å². The summed E-state index contributed by atoms with van der Waals surface area (Å²) in [7, 11) is 0. The molecule has 0 aliphatic rings. The number of fused-ring (bicyclic) bond motifs is 1. The maximum atomic E-state index is 13.7. The van der Waals surface area contributed by atoms with E-state index in [9.17, 15) is 18.8 Å². The summed E-state index contributed by atoms with van der Waals surface area (Å²) in [5.74, 6) is -0.876. The quantitative estimate of drug-likeness (QED) is 0.519. The molecule has 0 atom stereocenters. The highest BCUT2D eigenvalue weighted by atomic mass is 35.5. The number of nitrogens with one attached hydrogen (secondary N) is 1. The minimum Gasteiger partial charge on any atom is -0.325 e. The average Bonchev–Trinajstić information content (AvgIpc) is 3.20. The van der Waals surface area contributed by atoms with Crippen molar-refractivity contribution in [1.29, 1.82) is 0 Å². The number of rotatable bonds is 4. The van der Waals surface area contributed by atoms with E-state index < -0.39 is 23.0 Å². The Balaban J connectivity index is 1.79. The van der Waals surface area contributed by atoms with Crippen LogP contribution in [0.3, 0.4) is 0 Å². The lowest BCUT2D eigenvalue weighted by molar-refractivity contribution is -0.116. The number of aryl methyl sites for hydroxylation is 1.